The fourth-order valence-electron chi connectivity index (χ4n) is 2.10. The molecule has 0 radical (unpaired) electrons. The molecule has 0 fully saturated rings. The molecule has 0 N–H and O–H groups in total. The Morgan fingerprint density at radius 1 is 1.23 bits per heavy atom. The maximum absolute atomic E-state index is 11.9. The third kappa shape index (κ3) is 3.09. The first-order valence-corrected chi connectivity index (χ1v) is 7.10. The Hall–Kier alpha value is -2.41. The number of esters is 1. The summed E-state index contributed by atoms with van der Waals surface area (Å²) in [6.07, 6.45) is 0. The van der Waals surface area contributed by atoms with Crippen LogP contribution in [-0.2, 0) is 4.74 Å². The molecule has 0 saturated heterocycles. The number of ether oxygens (including phenoxy) is 1. The molecule has 0 heterocycles. The Morgan fingerprint density at radius 3 is 2.41 bits per heavy atom. The van der Waals surface area contributed by atoms with Gasteiger partial charge in [0.05, 0.1) is 17.6 Å². The van der Waals surface area contributed by atoms with Gasteiger partial charge in [-0.2, -0.15) is 0 Å². The molecule has 7 heteroatoms. The molecule has 2 rings (SSSR count). The van der Waals surface area contributed by atoms with Crippen molar-refractivity contribution in [3.8, 4) is 0 Å². The quantitative estimate of drug-likeness (QED) is 0.467. The van der Waals surface area contributed by atoms with Gasteiger partial charge in [-0.1, -0.05) is 22.0 Å². The highest BCUT2D eigenvalue weighted by Crippen LogP contribution is 2.36. The number of carbonyl (C=O) groups is 1. The minimum absolute atomic E-state index is 0.141. The fraction of sp³-hybridized carbons (Fsp3) is 0.133. The number of hydrogen-bond donors (Lipinski definition) is 0. The molecule has 2 aromatic carbocycles. The Morgan fingerprint density at radius 2 is 1.86 bits per heavy atom. The lowest BCUT2D eigenvalue weighted by molar-refractivity contribution is -0.384. The van der Waals surface area contributed by atoms with Gasteiger partial charge in [-0.3, -0.25) is 10.1 Å². The van der Waals surface area contributed by atoms with Gasteiger partial charge < -0.3 is 9.64 Å². The number of anilines is 2. The molecule has 0 aliphatic heterocycles. The summed E-state index contributed by atoms with van der Waals surface area (Å²) in [6.45, 7) is 0. The van der Waals surface area contributed by atoms with Crippen molar-refractivity contribution in [1.29, 1.82) is 0 Å². The number of carbonyl (C=O) groups excluding carboxylic acids is 1. The Labute approximate surface area is 135 Å². The lowest BCUT2D eigenvalue weighted by atomic mass is 10.1. The zero-order valence-electron chi connectivity index (χ0n) is 11.9. The molecule has 0 atom stereocenters. The minimum Gasteiger partial charge on any atom is -0.465 e. The first-order chi connectivity index (χ1) is 10.5. The number of methoxy groups -OCH3 is 1. The fourth-order valence-corrected chi connectivity index (χ4v) is 2.36. The molecule has 0 aromatic heterocycles. The topological polar surface area (TPSA) is 72.7 Å². The number of halogens is 1. The van der Waals surface area contributed by atoms with Crippen molar-refractivity contribution in [2.24, 2.45) is 0 Å². The summed E-state index contributed by atoms with van der Waals surface area (Å²) in [7, 11) is 2.91. The van der Waals surface area contributed by atoms with E-state index in [0.29, 0.717) is 5.69 Å². The van der Waals surface area contributed by atoms with E-state index in [4.69, 9.17) is 4.74 Å². The molecular weight excluding hydrogens is 352 g/mol. The number of rotatable bonds is 4. The van der Waals surface area contributed by atoms with Gasteiger partial charge in [-0.05, 0) is 30.3 Å². The number of nitro benzene ring substituents is 1. The van der Waals surface area contributed by atoms with Crippen molar-refractivity contribution >= 4 is 39.0 Å². The van der Waals surface area contributed by atoms with E-state index in [9.17, 15) is 14.9 Å². The van der Waals surface area contributed by atoms with Gasteiger partial charge in [0, 0.05) is 23.3 Å². The van der Waals surface area contributed by atoms with E-state index in [0.717, 1.165) is 4.47 Å². The molecule has 0 bridgehead atoms. The molecule has 22 heavy (non-hydrogen) atoms. The molecule has 114 valence electrons. The van der Waals surface area contributed by atoms with E-state index in [1.165, 1.54) is 25.3 Å². The molecule has 6 nitrogen and oxygen atoms in total. The van der Waals surface area contributed by atoms with Crippen LogP contribution in [0.25, 0.3) is 0 Å². The van der Waals surface area contributed by atoms with E-state index < -0.39 is 10.9 Å². The van der Waals surface area contributed by atoms with Crippen molar-refractivity contribution in [3.05, 3.63) is 62.6 Å². The Kier molecular flexibility index (Phi) is 4.77. The number of nitrogens with zero attached hydrogens (tertiary/aromatic N) is 2. The lowest BCUT2D eigenvalue weighted by Gasteiger charge is -2.21. The highest BCUT2D eigenvalue weighted by molar-refractivity contribution is 9.10. The molecule has 0 unspecified atom stereocenters. The van der Waals surface area contributed by atoms with Gasteiger partial charge in [-0.25, -0.2) is 4.79 Å². The Balaban J connectivity index is 2.62. The van der Waals surface area contributed by atoms with Crippen LogP contribution < -0.4 is 4.90 Å². The SMILES string of the molecule is COC(=O)c1cccc([N+](=O)[O-])c1N(C)c1ccc(Br)cc1. The number of hydrogen-bond acceptors (Lipinski definition) is 5. The second-order valence-electron chi connectivity index (χ2n) is 4.46. The summed E-state index contributed by atoms with van der Waals surface area (Å²) < 4.78 is 5.61. The number of nitro groups is 1. The number of benzene rings is 2. The maximum atomic E-state index is 11.9. The highest BCUT2D eigenvalue weighted by Gasteiger charge is 2.25. The van der Waals surface area contributed by atoms with Crippen LogP contribution >= 0.6 is 15.9 Å². The van der Waals surface area contributed by atoms with Gasteiger partial charge in [0.15, 0.2) is 0 Å². The minimum atomic E-state index is -0.623. The third-order valence-electron chi connectivity index (χ3n) is 3.17. The zero-order valence-corrected chi connectivity index (χ0v) is 13.5. The lowest BCUT2D eigenvalue weighted by Crippen LogP contribution is -2.16. The summed E-state index contributed by atoms with van der Waals surface area (Å²) in [5, 5.41) is 11.3. The molecule has 0 aliphatic carbocycles. The monoisotopic (exact) mass is 364 g/mol. The van der Waals surface area contributed by atoms with Crippen LogP contribution in [0.3, 0.4) is 0 Å². The van der Waals surface area contributed by atoms with Gasteiger partial charge in [-0.15, -0.1) is 0 Å². The summed E-state index contributed by atoms with van der Waals surface area (Å²) in [5.41, 5.74) is 0.889. The average Bonchev–Trinajstić information content (AvgIpc) is 2.53. The van der Waals surface area contributed by atoms with Crippen LogP contribution in [-0.4, -0.2) is 25.1 Å². The van der Waals surface area contributed by atoms with Crippen LogP contribution in [0.15, 0.2) is 46.9 Å². The van der Waals surface area contributed by atoms with E-state index in [2.05, 4.69) is 15.9 Å². The molecule has 0 aliphatic rings. The summed E-state index contributed by atoms with van der Waals surface area (Å²) >= 11 is 3.34. The van der Waals surface area contributed by atoms with Gasteiger partial charge in [0.25, 0.3) is 5.69 Å². The second kappa shape index (κ2) is 6.57. The van der Waals surface area contributed by atoms with Crippen molar-refractivity contribution in [2.45, 2.75) is 0 Å². The molecular formula is C15H13BrN2O4. The maximum Gasteiger partial charge on any atom is 0.340 e. The van der Waals surface area contributed by atoms with Crippen molar-refractivity contribution in [1.82, 2.24) is 0 Å². The van der Waals surface area contributed by atoms with E-state index in [1.54, 1.807) is 24.1 Å². The summed E-state index contributed by atoms with van der Waals surface area (Å²) in [5.74, 6) is -0.623. The van der Waals surface area contributed by atoms with Gasteiger partial charge in [0.1, 0.15) is 5.69 Å². The van der Waals surface area contributed by atoms with Crippen LogP contribution in [0.4, 0.5) is 17.1 Å². The second-order valence-corrected chi connectivity index (χ2v) is 5.37. The standard InChI is InChI=1S/C15H13BrN2O4/c1-17(11-8-6-10(16)7-9-11)14-12(15(19)22-2)4-3-5-13(14)18(20)21/h3-9H,1-2H3. The zero-order chi connectivity index (χ0) is 16.3. The molecule has 0 spiro atoms. The van der Waals surface area contributed by atoms with Crippen molar-refractivity contribution < 1.29 is 14.5 Å². The van der Waals surface area contributed by atoms with E-state index in [-0.39, 0.29) is 16.9 Å². The largest absolute Gasteiger partial charge is 0.465 e. The van der Waals surface area contributed by atoms with Crippen LogP contribution in [0.5, 0.6) is 0 Å². The predicted octanol–water partition coefficient (Wildman–Crippen LogP) is 3.91. The number of para-hydroxylation sites is 1. The van der Waals surface area contributed by atoms with E-state index in [1.807, 2.05) is 12.1 Å². The normalized spacial score (nSPS) is 10.1. The molecule has 0 saturated carbocycles. The highest BCUT2D eigenvalue weighted by atomic mass is 79.9. The van der Waals surface area contributed by atoms with Crippen molar-refractivity contribution in [2.75, 3.05) is 19.1 Å². The predicted molar refractivity (Wildman–Crippen MR) is 86.6 cm³/mol. The average molecular weight is 365 g/mol. The first kappa shape index (κ1) is 16.0. The third-order valence-corrected chi connectivity index (χ3v) is 3.69. The van der Waals surface area contributed by atoms with Crippen LogP contribution in [0, 0.1) is 10.1 Å². The van der Waals surface area contributed by atoms with Crippen LogP contribution in [0.2, 0.25) is 0 Å². The van der Waals surface area contributed by atoms with E-state index >= 15 is 0 Å². The van der Waals surface area contributed by atoms with Gasteiger partial charge in [0.2, 0.25) is 0 Å². The Bertz CT molecular complexity index is 716. The first-order valence-electron chi connectivity index (χ1n) is 6.30. The van der Waals surface area contributed by atoms with Crippen molar-refractivity contribution in [3.63, 3.8) is 0 Å². The molecule has 0 amide bonds. The summed E-state index contributed by atoms with van der Waals surface area (Å²) in [6, 6.07) is 11.5. The smallest absolute Gasteiger partial charge is 0.340 e. The molecule has 2 aromatic rings. The van der Waals surface area contributed by atoms with Crippen LogP contribution in [0.1, 0.15) is 10.4 Å². The summed E-state index contributed by atoms with van der Waals surface area (Å²) in [4.78, 5) is 24.3. The van der Waals surface area contributed by atoms with Gasteiger partial charge >= 0.3 is 5.97 Å².